The van der Waals surface area contributed by atoms with E-state index in [-0.39, 0.29) is 35.0 Å². The Morgan fingerprint density at radius 3 is 2.73 bits per heavy atom. The molecule has 2 N–H and O–H groups in total. The normalized spacial score (nSPS) is 14.2. The van der Waals surface area contributed by atoms with Gasteiger partial charge in [-0.1, -0.05) is 0 Å². The first-order valence-corrected chi connectivity index (χ1v) is 10.5. The summed E-state index contributed by atoms with van der Waals surface area (Å²) in [7, 11) is 1.77. The van der Waals surface area contributed by atoms with Crippen LogP contribution in [0.4, 0.5) is 4.39 Å². The lowest BCUT2D eigenvalue weighted by molar-refractivity contribution is 0.368. The summed E-state index contributed by atoms with van der Waals surface area (Å²) in [5.41, 5.74) is 3.05. The maximum Gasteiger partial charge on any atom is 0.159 e. The maximum absolute atomic E-state index is 14.8. The number of nitrogens with one attached hydrogen (secondary N) is 1. The first-order valence-electron chi connectivity index (χ1n) is 10.5. The number of nitriles is 1. The summed E-state index contributed by atoms with van der Waals surface area (Å²) < 4.78 is 18.5. The second-order valence-electron chi connectivity index (χ2n) is 8.08. The Morgan fingerprint density at radius 2 is 2.03 bits per heavy atom. The molecule has 8 nitrogen and oxygen atoms in total. The van der Waals surface area contributed by atoms with Crippen LogP contribution in [0, 0.1) is 24.1 Å². The summed E-state index contributed by atoms with van der Waals surface area (Å²) in [4.78, 5) is 9.26. The molecule has 0 bridgehead atoms. The lowest BCUT2D eigenvalue weighted by atomic mass is 9.96. The van der Waals surface area contributed by atoms with Crippen LogP contribution in [0.3, 0.4) is 0 Å². The number of rotatable bonds is 3. The summed E-state index contributed by atoms with van der Waals surface area (Å²) in [6.45, 7) is 3.76. The van der Waals surface area contributed by atoms with Crippen molar-refractivity contribution in [2.75, 3.05) is 13.1 Å². The topological polar surface area (TPSA) is 105 Å². The molecule has 0 spiro atoms. The highest BCUT2D eigenvalue weighted by Gasteiger charge is 2.25. The second-order valence-corrected chi connectivity index (χ2v) is 8.08. The van der Waals surface area contributed by atoms with Crippen molar-refractivity contribution >= 4 is 23.4 Å². The number of phenols is 1. The van der Waals surface area contributed by atoms with Crippen LogP contribution in [0.25, 0.3) is 33.5 Å². The van der Waals surface area contributed by atoms with Crippen molar-refractivity contribution in [3.8, 4) is 34.3 Å². The molecule has 3 aromatic heterocycles. The number of hydrogen-bond donors (Lipinski definition) is 2. The highest BCUT2D eigenvalue weighted by molar-refractivity contribution is 6.00. The minimum absolute atomic E-state index is 0. The van der Waals surface area contributed by atoms with E-state index in [4.69, 9.17) is 0 Å². The van der Waals surface area contributed by atoms with E-state index in [9.17, 15) is 14.8 Å². The smallest absolute Gasteiger partial charge is 0.159 e. The van der Waals surface area contributed by atoms with Crippen molar-refractivity contribution in [3.63, 3.8) is 0 Å². The van der Waals surface area contributed by atoms with Gasteiger partial charge < -0.3 is 15.0 Å². The molecule has 5 rings (SSSR count). The van der Waals surface area contributed by atoms with E-state index in [0.717, 1.165) is 43.1 Å². The van der Waals surface area contributed by atoms with Gasteiger partial charge in [0.05, 0.1) is 34.4 Å². The standard InChI is InChI=1S/C23H22FN7O.ClH/c1-13-20-21(19-11-31(12-27-19)14-5-7-26-8-6-14)17(10-25)22(28-23(20)30(2)29-13)16-4-3-15(32)9-18(16)24;/h3-4,9,11-12,14,26,32H,5-8H2,1-2H3;1H. The van der Waals surface area contributed by atoms with Crippen LogP contribution < -0.4 is 5.32 Å². The summed E-state index contributed by atoms with van der Waals surface area (Å²) in [6.07, 6.45) is 5.76. The molecule has 33 heavy (non-hydrogen) atoms. The van der Waals surface area contributed by atoms with Crippen LogP contribution in [-0.4, -0.2) is 42.5 Å². The number of pyridine rings is 1. The predicted octanol–water partition coefficient (Wildman–Crippen LogP) is 3.87. The Balaban J connectivity index is 0.00000259. The second kappa shape index (κ2) is 8.81. The lowest BCUT2D eigenvalue weighted by Gasteiger charge is -2.23. The highest BCUT2D eigenvalue weighted by atomic mass is 35.5. The average Bonchev–Trinajstić information content (AvgIpc) is 3.38. The number of benzene rings is 1. The van der Waals surface area contributed by atoms with Crippen molar-refractivity contribution in [3.05, 3.63) is 47.8 Å². The van der Waals surface area contributed by atoms with Gasteiger partial charge in [-0.2, -0.15) is 10.4 Å². The molecule has 4 aromatic rings. The molecule has 1 aliphatic heterocycles. The summed E-state index contributed by atoms with van der Waals surface area (Å²) >= 11 is 0. The third-order valence-electron chi connectivity index (χ3n) is 6.05. The number of aromatic hydroxyl groups is 1. The van der Waals surface area contributed by atoms with Crippen LogP contribution in [0.15, 0.2) is 30.7 Å². The molecule has 1 aromatic carbocycles. The number of imidazole rings is 1. The largest absolute Gasteiger partial charge is 0.508 e. The van der Waals surface area contributed by atoms with Gasteiger partial charge in [-0.3, -0.25) is 4.68 Å². The maximum atomic E-state index is 14.8. The fourth-order valence-corrected chi connectivity index (χ4v) is 4.50. The number of phenolic OH excluding ortho intramolecular Hbond substituents is 1. The predicted molar refractivity (Wildman–Crippen MR) is 125 cm³/mol. The molecular formula is C23H23ClFN7O. The quantitative estimate of drug-likeness (QED) is 0.474. The first kappa shape index (κ1) is 22.7. The number of fused-ring (bicyclic) bond motifs is 1. The number of aromatic nitrogens is 5. The van der Waals surface area contributed by atoms with E-state index in [1.165, 1.54) is 12.1 Å². The molecule has 0 unspecified atom stereocenters. The zero-order chi connectivity index (χ0) is 22.4. The zero-order valence-corrected chi connectivity index (χ0v) is 19.0. The SMILES string of the molecule is Cc1nn(C)c2nc(-c3ccc(O)cc3F)c(C#N)c(-c3cn(C4CCNCC4)cn3)c12.Cl. The van der Waals surface area contributed by atoms with Crippen LogP contribution >= 0.6 is 12.4 Å². The van der Waals surface area contributed by atoms with Crippen molar-refractivity contribution < 1.29 is 9.50 Å². The van der Waals surface area contributed by atoms with Gasteiger partial charge in [0.25, 0.3) is 0 Å². The molecule has 10 heteroatoms. The van der Waals surface area contributed by atoms with Crippen LogP contribution in [0.1, 0.15) is 30.1 Å². The van der Waals surface area contributed by atoms with E-state index >= 15 is 0 Å². The number of piperidine rings is 1. The van der Waals surface area contributed by atoms with Gasteiger partial charge in [0.2, 0.25) is 0 Å². The zero-order valence-electron chi connectivity index (χ0n) is 18.2. The third-order valence-corrected chi connectivity index (χ3v) is 6.05. The molecule has 4 heterocycles. The Morgan fingerprint density at radius 1 is 1.27 bits per heavy atom. The summed E-state index contributed by atoms with van der Waals surface area (Å²) in [6, 6.07) is 6.40. The Labute approximate surface area is 196 Å². The van der Waals surface area contributed by atoms with E-state index in [1.807, 2.05) is 13.1 Å². The van der Waals surface area contributed by atoms with E-state index in [0.29, 0.717) is 22.9 Å². The minimum atomic E-state index is -0.654. The average molecular weight is 468 g/mol. The molecule has 1 saturated heterocycles. The highest BCUT2D eigenvalue weighted by Crippen LogP contribution is 2.38. The Bertz CT molecular complexity index is 1380. The molecule has 0 saturated carbocycles. The molecule has 0 atom stereocenters. The van der Waals surface area contributed by atoms with E-state index in [2.05, 4.69) is 31.0 Å². The van der Waals surface area contributed by atoms with Gasteiger partial charge in [-0.25, -0.2) is 14.4 Å². The lowest BCUT2D eigenvalue weighted by Crippen LogP contribution is -2.28. The van der Waals surface area contributed by atoms with Gasteiger partial charge in [0.15, 0.2) is 5.65 Å². The minimum Gasteiger partial charge on any atom is -0.508 e. The number of nitrogens with zero attached hydrogens (tertiary/aromatic N) is 6. The van der Waals surface area contributed by atoms with E-state index < -0.39 is 5.82 Å². The molecule has 170 valence electrons. The molecular weight excluding hydrogens is 445 g/mol. The van der Waals surface area contributed by atoms with Crippen molar-refractivity contribution in [2.24, 2.45) is 7.05 Å². The molecule has 1 aliphatic rings. The van der Waals surface area contributed by atoms with Crippen LogP contribution in [0.2, 0.25) is 0 Å². The molecule has 0 amide bonds. The van der Waals surface area contributed by atoms with Crippen molar-refractivity contribution in [1.82, 2.24) is 29.6 Å². The van der Waals surface area contributed by atoms with Crippen LogP contribution in [0.5, 0.6) is 5.75 Å². The number of halogens is 2. The first-order chi connectivity index (χ1) is 15.5. The van der Waals surface area contributed by atoms with Crippen LogP contribution in [-0.2, 0) is 7.05 Å². The molecule has 0 radical (unpaired) electrons. The monoisotopic (exact) mass is 467 g/mol. The van der Waals surface area contributed by atoms with Gasteiger partial charge in [0.1, 0.15) is 17.6 Å². The molecule has 1 fully saturated rings. The Kier molecular flexibility index (Phi) is 6.06. The third kappa shape index (κ3) is 3.81. The van der Waals surface area contributed by atoms with Gasteiger partial charge >= 0.3 is 0 Å². The number of hydrogen-bond acceptors (Lipinski definition) is 6. The van der Waals surface area contributed by atoms with Gasteiger partial charge in [-0.15, -0.1) is 12.4 Å². The van der Waals surface area contributed by atoms with Gasteiger partial charge in [0, 0.05) is 36.5 Å². The number of aryl methyl sites for hydroxylation is 2. The fourth-order valence-electron chi connectivity index (χ4n) is 4.50. The van der Waals surface area contributed by atoms with Gasteiger partial charge in [-0.05, 0) is 45.0 Å². The Hall–Kier alpha value is -3.48. The van der Waals surface area contributed by atoms with E-state index in [1.54, 1.807) is 18.1 Å². The fraction of sp³-hybridized carbons (Fsp3) is 0.304. The molecule has 0 aliphatic carbocycles. The summed E-state index contributed by atoms with van der Waals surface area (Å²) in [5.74, 6) is -0.846. The summed E-state index contributed by atoms with van der Waals surface area (Å²) in [5, 5.41) is 28.4. The van der Waals surface area contributed by atoms with Crippen molar-refractivity contribution in [2.45, 2.75) is 25.8 Å². The van der Waals surface area contributed by atoms with Crippen molar-refractivity contribution in [1.29, 1.82) is 5.26 Å².